The normalized spacial score (nSPS) is 11.0. The SMILES string of the molecule is O.O=P(C(=S)[S-])(c1ccccc1)c1ccccc1.O=P(C(=S)[S-])(c1ccccc1)c1ccccc1.c1ccc([P+](c2ccccc2)(c2ccccc2)c2ccccc2)cc1.c1ccc([P+](c2ccccc2)(c2ccccc2)c2ccccc2)cc1. The first-order valence-corrected chi connectivity index (χ1v) is 35.9. The van der Waals surface area contributed by atoms with E-state index >= 15 is 0 Å². The van der Waals surface area contributed by atoms with Crippen LogP contribution in [0.4, 0.5) is 0 Å². The third kappa shape index (κ3) is 14.3. The van der Waals surface area contributed by atoms with Crippen LogP contribution in [0.25, 0.3) is 0 Å². The first kappa shape index (κ1) is 63.6. The van der Waals surface area contributed by atoms with Crippen molar-refractivity contribution < 1.29 is 14.6 Å². The lowest BCUT2D eigenvalue weighted by Crippen LogP contribution is -2.38. The Labute approximate surface area is 524 Å². The number of rotatable bonds is 14. The van der Waals surface area contributed by atoms with Crippen molar-refractivity contribution >= 4 is 150 Å². The van der Waals surface area contributed by atoms with Crippen LogP contribution < -0.4 is 63.7 Å². The van der Waals surface area contributed by atoms with Crippen molar-refractivity contribution in [3.63, 3.8) is 0 Å². The van der Waals surface area contributed by atoms with E-state index in [9.17, 15) is 9.13 Å². The summed E-state index contributed by atoms with van der Waals surface area (Å²) in [5.74, 6) is 0. The molecule has 12 rings (SSSR count). The van der Waals surface area contributed by atoms with E-state index in [1.807, 2.05) is 121 Å². The molecule has 0 aliphatic rings. The van der Waals surface area contributed by atoms with Crippen LogP contribution in [0.3, 0.4) is 0 Å². The van der Waals surface area contributed by atoms with E-state index in [2.05, 4.69) is 243 Å². The predicted octanol–water partition coefficient (Wildman–Crippen LogP) is 13.5. The summed E-state index contributed by atoms with van der Waals surface area (Å²) >= 11 is 20.2. The molecule has 0 aliphatic heterocycles. The van der Waals surface area contributed by atoms with E-state index in [-0.39, 0.29) is 13.4 Å². The third-order valence-electron chi connectivity index (χ3n) is 14.1. The number of thiocarbonyl (C=S) groups is 2. The van der Waals surface area contributed by atoms with E-state index in [1.54, 1.807) is 0 Å². The predicted molar refractivity (Wildman–Crippen MR) is 386 cm³/mol. The summed E-state index contributed by atoms with van der Waals surface area (Å²) in [5.41, 5.74) is 0. The van der Waals surface area contributed by atoms with Crippen molar-refractivity contribution in [2.24, 2.45) is 0 Å². The molecule has 0 unspecified atom stereocenters. The molecule has 0 aliphatic carbocycles. The van der Waals surface area contributed by atoms with Gasteiger partial charge in [-0.25, -0.2) is 0 Å². The second-order valence-electron chi connectivity index (χ2n) is 19.1. The van der Waals surface area contributed by atoms with Gasteiger partial charge in [0.1, 0.15) is 57.0 Å². The van der Waals surface area contributed by atoms with Crippen molar-refractivity contribution in [2.75, 3.05) is 0 Å². The largest absolute Gasteiger partial charge is 0.425 e. The monoisotopic (exact) mass is 1250 g/mol. The molecule has 0 saturated carbocycles. The Hall–Kier alpha value is -7.46. The molecule has 3 nitrogen and oxygen atoms in total. The van der Waals surface area contributed by atoms with Crippen LogP contribution in [0.15, 0.2) is 364 Å². The quantitative estimate of drug-likeness (QED) is 0.0614. The van der Waals surface area contributed by atoms with E-state index in [4.69, 9.17) is 49.7 Å². The minimum Gasteiger partial charge on any atom is -0.425 e. The van der Waals surface area contributed by atoms with Crippen LogP contribution in [0.5, 0.6) is 0 Å². The number of hydrogen-bond acceptors (Lipinski definition) is 6. The second-order valence-corrected chi connectivity index (χ2v) is 34.7. The van der Waals surface area contributed by atoms with Gasteiger partial charge in [-0.3, -0.25) is 0 Å². The summed E-state index contributed by atoms with van der Waals surface area (Å²) in [6, 6.07) is 124. The van der Waals surface area contributed by atoms with Gasteiger partial charge >= 0.3 is 0 Å². The standard InChI is InChI=1S/2C24H20P.2C13H11OPS2.H2O/c2*1-5-13-21(14-6-1)25(22-15-7-2-8-16-22,23-17-9-3-10-18-23)24-19-11-4-12-20-24;2*14-15(13(16)17,11-7-3-1-4-8-11)12-9-5-2-6-10-12;/h2*1-20H;2*1-10H,(H,16,17);1H2/q2*+1;;;/p-2. The average molecular weight is 1250 g/mol. The van der Waals surface area contributed by atoms with Crippen molar-refractivity contribution in [2.45, 2.75) is 0 Å². The maximum Gasteiger partial charge on any atom is 0.152 e. The zero-order valence-corrected chi connectivity index (χ0v) is 53.2. The molecule has 0 spiro atoms. The van der Waals surface area contributed by atoms with Crippen LogP contribution in [-0.4, -0.2) is 13.4 Å². The van der Waals surface area contributed by atoms with Gasteiger partial charge in [0.25, 0.3) is 0 Å². The molecule has 0 radical (unpaired) electrons. The van der Waals surface area contributed by atoms with Gasteiger partial charge in [-0.15, -0.1) is 0 Å². The van der Waals surface area contributed by atoms with Crippen molar-refractivity contribution in [3.8, 4) is 0 Å². The lowest BCUT2D eigenvalue weighted by molar-refractivity contribution is 0.593. The van der Waals surface area contributed by atoms with Gasteiger partial charge in [0.05, 0.1) is 0 Å². The third-order valence-corrected chi connectivity index (χ3v) is 30.9. The summed E-state index contributed by atoms with van der Waals surface area (Å²) in [5, 5.41) is 13.9. The summed E-state index contributed by atoms with van der Waals surface area (Å²) in [6.07, 6.45) is 0. The first-order chi connectivity index (χ1) is 41.1. The molecule has 11 heteroatoms. The number of hydrogen-bond donors (Lipinski definition) is 0. The molecule has 0 heterocycles. The Balaban J connectivity index is 0.000000150. The fraction of sp³-hybridized carbons (Fsp3) is 0. The molecule has 420 valence electrons. The minimum atomic E-state index is -2.95. The number of benzene rings is 12. The van der Waals surface area contributed by atoms with Crippen LogP contribution in [-0.2, 0) is 34.4 Å². The van der Waals surface area contributed by atoms with Gasteiger partial charge in [-0.05, 0) is 97.1 Å². The highest BCUT2D eigenvalue weighted by Gasteiger charge is 2.49. The lowest BCUT2D eigenvalue weighted by atomic mass is 10.3. The Kier molecular flexibility index (Phi) is 23.2. The fourth-order valence-electron chi connectivity index (χ4n) is 10.3. The van der Waals surface area contributed by atoms with E-state index in [0.29, 0.717) is 21.2 Å². The molecule has 0 aromatic heterocycles. The highest BCUT2D eigenvalue weighted by molar-refractivity contribution is 8.25. The summed E-state index contributed by atoms with van der Waals surface area (Å²) in [6.45, 7) is 0. The highest BCUT2D eigenvalue weighted by Crippen LogP contribution is 2.55. The van der Waals surface area contributed by atoms with Crippen LogP contribution in [0.2, 0.25) is 0 Å². The second kappa shape index (κ2) is 31.1. The zero-order valence-electron chi connectivity index (χ0n) is 46.4. The summed E-state index contributed by atoms with van der Waals surface area (Å²) < 4.78 is 26.4. The molecule has 0 saturated heterocycles. The van der Waals surface area contributed by atoms with Crippen molar-refractivity contribution in [3.05, 3.63) is 364 Å². The highest BCUT2D eigenvalue weighted by atomic mass is 32.1. The van der Waals surface area contributed by atoms with Gasteiger partial charge in [0.15, 0.2) is 14.3 Å². The molecule has 0 atom stereocenters. The molecule has 0 fully saturated rings. The zero-order chi connectivity index (χ0) is 58.5. The van der Waals surface area contributed by atoms with Gasteiger partial charge in [-0.1, -0.05) is 275 Å². The smallest absolute Gasteiger partial charge is 0.152 e. The molecule has 12 aromatic carbocycles. The van der Waals surface area contributed by atoms with E-state index in [0.717, 1.165) is 0 Å². The Morgan fingerprint density at radius 2 is 0.329 bits per heavy atom. The van der Waals surface area contributed by atoms with Gasteiger partial charge in [0, 0.05) is 21.2 Å². The molecule has 12 aromatic rings. The maximum absolute atomic E-state index is 13.1. The Morgan fingerprint density at radius 1 is 0.224 bits per heavy atom. The molecule has 2 N–H and O–H groups in total. The van der Waals surface area contributed by atoms with Crippen LogP contribution in [0, 0.1) is 0 Å². The Morgan fingerprint density at radius 3 is 0.435 bits per heavy atom. The average Bonchev–Trinajstić information content (AvgIpc) is 2.58. The topological polar surface area (TPSA) is 65.6 Å². The van der Waals surface area contributed by atoms with Gasteiger partial charge in [-0.2, -0.15) is 0 Å². The minimum absolute atomic E-state index is 0. The van der Waals surface area contributed by atoms with Crippen molar-refractivity contribution in [1.29, 1.82) is 0 Å². The molecular weight excluding hydrogens is 1190 g/mol. The lowest BCUT2D eigenvalue weighted by Gasteiger charge is -2.27. The van der Waals surface area contributed by atoms with Crippen molar-refractivity contribution in [1.82, 2.24) is 0 Å². The Bertz CT molecular complexity index is 3360. The maximum atomic E-state index is 13.1. The van der Waals surface area contributed by atoms with E-state index < -0.39 is 28.8 Å². The fourth-order valence-corrected chi connectivity index (χ4v) is 25.1. The van der Waals surface area contributed by atoms with E-state index in [1.165, 1.54) is 42.4 Å². The molecule has 0 amide bonds. The van der Waals surface area contributed by atoms with Crippen LogP contribution >= 0.6 is 53.2 Å². The first-order valence-electron chi connectivity index (χ1n) is 27.2. The molecule has 85 heavy (non-hydrogen) atoms. The molecule has 0 bridgehead atoms. The summed E-state index contributed by atoms with van der Waals surface area (Å²) in [4.78, 5) is 0. The molecular formula is C74H62O3P4S4. The van der Waals surface area contributed by atoms with Gasteiger partial charge in [0.2, 0.25) is 0 Å². The summed E-state index contributed by atoms with van der Waals surface area (Å²) in [7, 11) is -9.71. The van der Waals surface area contributed by atoms with Gasteiger partial charge < -0.3 is 64.3 Å². The van der Waals surface area contributed by atoms with Crippen LogP contribution in [0.1, 0.15) is 0 Å².